The molecule has 5 nitrogen and oxygen atoms in total. The number of aryl methyl sites for hydroxylation is 1. The number of hydrogen-bond acceptors (Lipinski definition) is 3. The van der Waals surface area contributed by atoms with E-state index in [1.807, 2.05) is 6.92 Å². The summed E-state index contributed by atoms with van der Waals surface area (Å²) in [6, 6.07) is 6.16. The summed E-state index contributed by atoms with van der Waals surface area (Å²) in [6.45, 7) is 3.50. The van der Waals surface area contributed by atoms with E-state index in [0.29, 0.717) is 5.69 Å². The van der Waals surface area contributed by atoms with Gasteiger partial charge in [0.1, 0.15) is 11.8 Å². The number of carbonyl (C=O) groups excluding carboxylic acids is 1. The molecule has 8 heteroatoms. The van der Waals surface area contributed by atoms with E-state index in [-0.39, 0.29) is 11.7 Å². The van der Waals surface area contributed by atoms with Crippen molar-refractivity contribution in [1.82, 2.24) is 9.78 Å². The Balaban J connectivity index is 2.01. The number of nitrogens with zero attached hydrogens (tertiary/aromatic N) is 2. The van der Waals surface area contributed by atoms with Crippen LogP contribution in [0.4, 0.5) is 18.9 Å². The number of nitrogens with one attached hydrogen (secondary N) is 1. The summed E-state index contributed by atoms with van der Waals surface area (Å²) in [5, 5.41) is 6.65. The van der Waals surface area contributed by atoms with E-state index >= 15 is 0 Å². The molecule has 118 valence electrons. The number of carbonyl (C=O) groups is 1. The van der Waals surface area contributed by atoms with Crippen molar-refractivity contribution in [3.05, 3.63) is 42.2 Å². The molecule has 0 bridgehead atoms. The largest absolute Gasteiger partial charge is 0.573 e. The van der Waals surface area contributed by atoms with Crippen LogP contribution in [0.3, 0.4) is 0 Å². The van der Waals surface area contributed by atoms with Gasteiger partial charge in [0.15, 0.2) is 0 Å². The number of ether oxygens (including phenoxy) is 1. The third-order valence-corrected chi connectivity index (χ3v) is 2.97. The van der Waals surface area contributed by atoms with Crippen LogP contribution in [0.5, 0.6) is 5.75 Å². The molecule has 0 saturated carbocycles. The predicted octanol–water partition coefficient (Wildman–Crippen LogP) is 3.29. The minimum atomic E-state index is -4.74. The Morgan fingerprint density at radius 2 is 1.91 bits per heavy atom. The van der Waals surface area contributed by atoms with E-state index < -0.39 is 12.4 Å². The summed E-state index contributed by atoms with van der Waals surface area (Å²) in [5.41, 5.74) is 1.20. The van der Waals surface area contributed by atoms with Gasteiger partial charge in [0, 0.05) is 17.6 Å². The van der Waals surface area contributed by atoms with Gasteiger partial charge in [0.25, 0.3) is 0 Å². The summed E-state index contributed by atoms with van der Waals surface area (Å²) < 4.78 is 41.5. The molecule has 22 heavy (non-hydrogen) atoms. The van der Waals surface area contributed by atoms with E-state index in [2.05, 4.69) is 15.2 Å². The second-order valence-corrected chi connectivity index (χ2v) is 4.65. The number of hydrogen-bond donors (Lipinski definition) is 1. The fourth-order valence-electron chi connectivity index (χ4n) is 1.88. The number of benzene rings is 1. The number of rotatable bonds is 4. The normalized spacial score (nSPS) is 12.8. The van der Waals surface area contributed by atoms with Crippen molar-refractivity contribution in [3.63, 3.8) is 0 Å². The molecule has 1 amide bonds. The molecule has 1 atom stereocenters. The van der Waals surface area contributed by atoms with Crippen molar-refractivity contribution in [3.8, 4) is 5.75 Å². The van der Waals surface area contributed by atoms with Crippen LogP contribution in [0.15, 0.2) is 36.5 Å². The maximum absolute atomic E-state index is 12.1. The number of amides is 1. The number of aromatic nitrogens is 2. The van der Waals surface area contributed by atoms with Crippen molar-refractivity contribution in [1.29, 1.82) is 0 Å². The van der Waals surface area contributed by atoms with Gasteiger partial charge in [-0.25, -0.2) is 0 Å². The number of halogens is 3. The van der Waals surface area contributed by atoms with Crippen LogP contribution in [-0.4, -0.2) is 22.1 Å². The molecule has 0 aliphatic heterocycles. The van der Waals surface area contributed by atoms with Crippen LogP contribution >= 0.6 is 0 Å². The van der Waals surface area contributed by atoms with Crippen molar-refractivity contribution in [2.24, 2.45) is 0 Å². The number of alkyl halides is 3. The lowest BCUT2D eigenvalue weighted by Gasteiger charge is -2.15. The molecule has 0 fully saturated rings. The van der Waals surface area contributed by atoms with Gasteiger partial charge < -0.3 is 10.1 Å². The molecule has 0 saturated heterocycles. The van der Waals surface area contributed by atoms with Crippen LogP contribution in [0.2, 0.25) is 0 Å². The van der Waals surface area contributed by atoms with E-state index in [1.54, 1.807) is 23.9 Å². The zero-order chi connectivity index (χ0) is 16.3. The highest BCUT2D eigenvalue weighted by Gasteiger charge is 2.31. The van der Waals surface area contributed by atoms with Gasteiger partial charge in [-0.15, -0.1) is 13.2 Å². The standard InChI is InChI=1S/C14H14F3N3O2/c1-9-7-8-18-20(9)10(2)13(21)19-11-3-5-12(6-4-11)22-14(15,16)17/h3-8,10H,1-2H3,(H,19,21). The second kappa shape index (κ2) is 6.08. The Labute approximate surface area is 124 Å². The molecular formula is C14H14F3N3O2. The minimum absolute atomic E-state index is 0.323. The van der Waals surface area contributed by atoms with Crippen LogP contribution in [0.25, 0.3) is 0 Å². The van der Waals surface area contributed by atoms with E-state index in [0.717, 1.165) is 17.8 Å². The fraction of sp³-hybridized carbons (Fsp3) is 0.286. The summed E-state index contributed by atoms with van der Waals surface area (Å²) in [7, 11) is 0. The quantitative estimate of drug-likeness (QED) is 0.942. The van der Waals surface area contributed by atoms with Gasteiger partial charge in [0.2, 0.25) is 5.91 Å². The summed E-state index contributed by atoms with van der Waals surface area (Å²) in [5.74, 6) is -0.669. The van der Waals surface area contributed by atoms with Gasteiger partial charge in [-0.2, -0.15) is 5.10 Å². The van der Waals surface area contributed by atoms with Gasteiger partial charge in [-0.1, -0.05) is 0 Å². The van der Waals surface area contributed by atoms with Crippen LogP contribution in [-0.2, 0) is 4.79 Å². The molecule has 1 aromatic heterocycles. The molecule has 2 rings (SSSR count). The van der Waals surface area contributed by atoms with Gasteiger partial charge in [-0.05, 0) is 44.2 Å². The molecular weight excluding hydrogens is 299 g/mol. The molecule has 1 aromatic carbocycles. The molecule has 1 heterocycles. The third kappa shape index (κ3) is 4.00. The Kier molecular flexibility index (Phi) is 4.39. The number of anilines is 1. The lowest BCUT2D eigenvalue weighted by Crippen LogP contribution is -2.25. The van der Waals surface area contributed by atoms with Crippen LogP contribution in [0, 0.1) is 6.92 Å². The summed E-state index contributed by atoms with van der Waals surface area (Å²) in [6.07, 6.45) is -3.15. The summed E-state index contributed by atoms with van der Waals surface area (Å²) >= 11 is 0. The Morgan fingerprint density at radius 3 is 2.41 bits per heavy atom. The minimum Gasteiger partial charge on any atom is -0.406 e. The maximum atomic E-state index is 12.1. The lowest BCUT2D eigenvalue weighted by atomic mass is 10.2. The topological polar surface area (TPSA) is 56.2 Å². The highest BCUT2D eigenvalue weighted by molar-refractivity contribution is 5.93. The molecule has 0 aliphatic carbocycles. The first kappa shape index (κ1) is 15.9. The van der Waals surface area contributed by atoms with Gasteiger partial charge >= 0.3 is 6.36 Å². The van der Waals surface area contributed by atoms with E-state index in [9.17, 15) is 18.0 Å². The smallest absolute Gasteiger partial charge is 0.406 e. The molecule has 2 aromatic rings. The average molecular weight is 313 g/mol. The highest BCUT2D eigenvalue weighted by atomic mass is 19.4. The molecule has 1 unspecified atom stereocenters. The van der Waals surface area contributed by atoms with Crippen LogP contribution < -0.4 is 10.1 Å². The molecule has 0 radical (unpaired) electrons. The zero-order valence-electron chi connectivity index (χ0n) is 11.9. The SMILES string of the molecule is Cc1ccnn1C(C)C(=O)Nc1ccc(OC(F)(F)F)cc1. The molecule has 0 spiro atoms. The Morgan fingerprint density at radius 1 is 1.27 bits per heavy atom. The van der Waals surface area contributed by atoms with Crippen LogP contribution in [0.1, 0.15) is 18.7 Å². The summed E-state index contributed by atoms with van der Waals surface area (Å²) in [4.78, 5) is 12.1. The van der Waals surface area contributed by atoms with Gasteiger partial charge in [0.05, 0.1) is 0 Å². The van der Waals surface area contributed by atoms with E-state index in [4.69, 9.17) is 0 Å². The lowest BCUT2D eigenvalue weighted by molar-refractivity contribution is -0.274. The monoisotopic (exact) mass is 313 g/mol. The van der Waals surface area contributed by atoms with Crippen molar-refractivity contribution in [2.75, 3.05) is 5.32 Å². The molecule has 1 N–H and O–H groups in total. The first-order chi connectivity index (χ1) is 10.3. The highest BCUT2D eigenvalue weighted by Crippen LogP contribution is 2.24. The maximum Gasteiger partial charge on any atom is 0.573 e. The average Bonchev–Trinajstić information content (AvgIpc) is 2.84. The predicted molar refractivity (Wildman–Crippen MR) is 73.4 cm³/mol. The first-order valence-electron chi connectivity index (χ1n) is 6.43. The Bertz CT molecular complexity index is 650. The van der Waals surface area contributed by atoms with Crippen molar-refractivity contribution < 1.29 is 22.7 Å². The molecule has 0 aliphatic rings. The van der Waals surface area contributed by atoms with Gasteiger partial charge in [-0.3, -0.25) is 9.48 Å². The second-order valence-electron chi connectivity index (χ2n) is 4.65. The first-order valence-corrected chi connectivity index (χ1v) is 6.43. The fourth-order valence-corrected chi connectivity index (χ4v) is 1.88. The van der Waals surface area contributed by atoms with Crippen molar-refractivity contribution >= 4 is 11.6 Å². The Hall–Kier alpha value is -2.51. The van der Waals surface area contributed by atoms with Crippen molar-refractivity contribution in [2.45, 2.75) is 26.3 Å². The van der Waals surface area contributed by atoms with E-state index in [1.165, 1.54) is 12.1 Å². The third-order valence-electron chi connectivity index (χ3n) is 2.97. The zero-order valence-corrected chi connectivity index (χ0v) is 11.9.